The Balaban J connectivity index is 2.90. The zero-order valence-corrected chi connectivity index (χ0v) is 7.83. The maximum absolute atomic E-state index is 11.3. The molecule has 0 radical (unpaired) electrons. The fourth-order valence-electron chi connectivity index (χ4n) is 0.906. The van der Waals surface area contributed by atoms with Crippen LogP contribution in [0.1, 0.15) is 16.2 Å². The first-order valence-electron chi connectivity index (χ1n) is 4.10. The maximum Gasteiger partial charge on any atom is 0.263 e. The van der Waals surface area contributed by atoms with Crippen LogP contribution in [0.15, 0.2) is 23.6 Å². The minimum Gasteiger partial charge on any atom is -0.348 e. The highest BCUT2D eigenvalue weighted by Gasteiger charge is 2.09. The predicted octanol–water partition coefficient (Wildman–Crippen LogP) is -0.00588. The van der Waals surface area contributed by atoms with Crippen molar-refractivity contribution in [2.45, 2.75) is 6.92 Å². The van der Waals surface area contributed by atoms with Gasteiger partial charge >= 0.3 is 0 Å². The number of amides is 1. The van der Waals surface area contributed by atoms with E-state index in [-0.39, 0.29) is 5.56 Å². The molecule has 1 aromatic rings. The highest BCUT2D eigenvalue weighted by molar-refractivity contribution is 5.93. The van der Waals surface area contributed by atoms with Gasteiger partial charge < -0.3 is 10.3 Å². The first kappa shape index (κ1) is 10.2. The summed E-state index contributed by atoms with van der Waals surface area (Å²) in [4.78, 5) is 28.8. The van der Waals surface area contributed by atoms with Crippen molar-refractivity contribution in [1.82, 2.24) is 15.3 Å². The van der Waals surface area contributed by atoms with Crippen LogP contribution >= 0.6 is 0 Å². The fraction of sp³-hybridized carbons (Fsp3) is 0.222. The summed E-state index contributed by atoms with van der Waals surface area (Å²) < 4.78 is 0. The van der Waals surface area contributed by atoms with Crippen molar-refractivity contribution in [3.8, 4) is 0 Å². The van der Waals surface area contributed by atoms with Gasteiger partial charge in [0.1, 0.15) is 11.4 Å². The average Bonchev–Trinajstić information content (AvgIpc) is 2.14. The van der Waals surface area contributed by atoms with Crippen molar-refractivity contribution in [3.63, 3.8) is 0 Å². The molecule has 1 amide bonds. The molecule has 74 valence electrons. The summed E-state index contributed by atoms with van der Waals surface area (Å²) in [5.74, 6) is 0.0360. The number of carbonyl (C=O) groups excluding carboxylic acids is 1. The molecule has 0 fully saturated rings. The van der Waals surface area contributed by atoms with Crippen molar-refractivity contribution in [2.75, 3.05) is 6.54 Å². The Morgan fingerprint density at radius 1 is 1.79 bits per heavy atom. The van der Waals surface area contributed by atoms with Crippen LogP contribution in [0.5, 0.6) is 0 Å². The molecule has 1 rings (SSSR count). The predicted molar refractivity (Wildman–Crippen MR) is 52.1 cm³/mol. The lowest BCUT2D eigenvalue weighted by atomic mass is 10.3. The summed E-state index contributed by atoms with van der Waals surface area (Å²) in [6.45, 7) is 5.42. The van der Waals surface area contributed by atoms with Gasteiger partial charge in [0.2, 0.25) is 0 Å². The molecule has 1 aromatic heterocycles. The van der Waals surface area contributed by atoms with Crippen molar-refractivity contribution in [1.29, 1.82) is 0 Å². The molecule has 5 heteroatoms. The van der Waals surface area contributed by atoms with E-state index in [1.165, 1.54) is 12.3 Å². The van der Waals surface area contributed by atoms with Gasteiger partial charge in [0, 0.05) is 12.7 Å². The van der Waals surface area contributed by atoms with E-state index in [1.54, 1.807) is 6.92 Å². The van der Waals surface area contributed by atoms with Gasteiger partial charge in [-0.05, 0) is 6.92 Å². The lowest BCUT2D eigenvalue weighted by molar-refractivity contribution is 0.0956. The normalized spacial score (nSPS) is 9.50. The minimum absolute atomic E-state index is 0.0115. The van der Waals surface area contributed by atoms with Crippen molar-refractivity contribution >= 4 is 5.91 Å². The second-order valence-corrected chi connectivity index (χ2v) is 2.71. The summed E-state index contributed by atoms with van der Waals surface area (Å²) in [5.41, 5.74) is -0.420. The molecule has 0 atom stereocenters. The van der Waals surface area contributed by atoms with E-state index >= 15 is 0 Å². The van der Waals surface area contributed by atoms with Gasteiger partial charge in [-0.15, -0.1) is 6.58 Å². The summed E-state index contributed by atoms with van der Waals surface area (Å²) in [6, 6.07) is 0. The molecule has 0 aliphatic rings. The highest BCUT2D eigenvalue weighted by atomic mass is 16.2. The topological polar surface area (TPSA) is 74.8 Å². The van der Waals surface area contributed by atoms with Crippen LogP contribution in [-0.2, 0) is 0 Å². The van der Waals surface area contributed by atoms with E-state index in [9.17, 15) is 9.59 Å². The van der Waals surface area contributed by atoms with Gasteiger partial charge in [0.25, 0.3) is 11.5 Å². The summed E-state index contributed by atoms with van der Waals surface area (Å²) in [5, 5.41) is 2.49. The SMILES string of the molecule is C=CCNC(=O)c1cnc(C)[nH]c1=O. The third-order valence-corrected chi connectivity index (χ3v) is 1.58. The van der Waals surface area contributed by atoms with Crippen LogP contribution in [0.25, 0.3) is 0 Å². The minimum atomic E-state index is -0.446. The molecular weight excluding hydrogens is 182 g/mol. The van der Waals surface area contributed by atoms with Gasteiger partial charge in [-0.25, -0.2) is 4.98 Å². The fourth-order valence-corrected chi connectivity index (χ4v) is 0.906. The van der Waals surface area contributed by atoms with Crippen molar-refractivity contribution in [3.05, 3.63) is 40.6 Å². The van der Waals surface area contributed by atoms with Crippen molar-refractivity contribution < 1.29 is 4.79 Å². The largest absolute Gasteiger partial charge is 0.348 e. The van der Waals surface area contributed by atoms with Crippen LogP contribution in [0.4, 0.5) is 0 Å². The molecule has 0 unspecified atom stereocenters. The van der Waals surface area contributed by atoms with E-state index in [2.05, 4.69) is 21.9 Å². The maximum atomic E-state index is 11.3. The Hall–Kier alpha value is -1.91. The Bertz CT molecular complexity index is 409. The molecule has 0 aliphatic heterocycles. The van der Waals surface area contributed by atoms with E-state index in [1.807, 2.05) is 0 Å². The van der Waals surface area contributed by atoms with E-state index in [0.717, 1.165) is 0 Å². The monoisotopic (exact) mass is 193 g/mol. The van der Waals surface area contributed by atoms with Crippen LogP contribution in [-0.4, -0.2) is 22.4 Å². The molecule has 14 heavy (non-hydrogen) atoms. The molecule has 2 N–H and O–H groups in total. The molecular formula is C9H11N3O2. The number of carbonyl (C=O) groups is 1. The molecule has 0 saturated carbocycles. The number of nitrogens with zero attached hydrogens (tertiary/aromatic N) is 1. The molecule has 0 bridgehead atoms. The smallest absolute Gasteiger partial charge is 0.263 e. The second-order valence-electron chi connectivity index (χ2n) is 2.71. The number of aromatic nitrogens is 2. The standard InChI is InChI=1S/C9H11N3O2/c1-3-4-10-8(13)7-5-11-6(2)12-9(7)14/h3,5H,1,4H2,2H3,(H,10,13)(H,11,12,14). The molecule has 0 aromatic carbocycles. The quantitative estimate of drug-likeness (QED) is 0.663. The first-order valence-corrected chi connectivity index (χ1v) is 4.10. The molecule has 1 heterocycles. The number of rotatable bonds is 3. The number of nitrogens with one attached hydrogen (secondary N) is 2. The third kappa shape index (κ3) is 2.29. The zero-order valence-electron chi connectivity index (χ0n) is 7.83. The Morgan fingerprint density at radius 3 is 3.07 bits per heavy atom. The van der Waals surface area contributed by atoms with Crippen LogP contribution in [0.3, 0.4) is 0 Å². The summed E-state index contributed by atoms with van der Waals surface area (Å²) >= 11 is 0. The number of aryl methyl sites for hydroxylation is 1. The second kappa shape index (κ2) is 4.36. The van der Waals surface area contributed by atoms with Gasteiger partial charge in [0.05, 0.1) is 0 Å². The van der Waals surface area contributed by atoms with Gasteiger partial charge in [-0.2, -0.15) is 0 Å². The van der Waals surface area contributed by atoms with Gasteiger partial charge in [-0.1, -0.05) is 6.08 Å². The number of aromatic amines is 1. The lowest BCUT2D eigenvalue weighted by Gasteiger charge is -2.00. The lowest BCUT2D eigenvalue weighted by Crippen LogP contribution is -2.30. The van der Waals surface area contributed by atoms with Crippen LogP contribution in [0.2, 0.25) is 0 Å². The Morgan fingerprint density at radius 2 is 2.50 bits per heavy atom. The molecule has 0 saturated heterocycles. The average molecular weight is 193 g/mol. The first-order chi connectivity index (χ1) is 6.65. The Labute approximate surface area is 80.9 Å². The molecule has 0 aliphatic carbocycles. The van der Waals surface area contributed by atoms with Crippen molar-refractivity contribution in [2.24, 2.45) is 0 Å². The highest BCUT2D eigenvalue weighted by Crippen LogP contribution is 1.88. The van der Waals surface area contributed by atoms with E-state index < -0.39 is 11.5 Å². The molecule has 0 spiro atoms. The van der Waals surface area contributed by atoms with E-state index in [0.29, 0.717) is 12.4 Å². The van der Waals surface area contributed by atoms with Crippen LogP contribution in [0, 0.1) is 6.92 Å². The number of hydrogen-bond donors (Lipinski definition) is 2. The molecule has 5 nitrogen and oxygen atoms in total. The Kier molecular flexibility index (Phi) is 3.17. The summed E-state index contributed by atoms with van der Waals surface area (Å²) in [6.07, 6.45) is 2.79. The third-order valence-electron chi connectivity index (χ3n) is 1.58. The number of hydrogen-bond acceptors (Lipinski definition) is 3. The summed E-state index contributed by atoms with van der Waals surface area (Å²) in [7, 11) is 0. The van der Waals surface area contributed by atoms with E-state index in [4.69, 9.17) is 0 Å². The number of H-pyrrole nitrogens is 1. The zero-order chi connectivity index (χ0) is 10.6. The van der Waals surface area contributed by atoms with Gasteiger partial charge in [0.15, 0.2) is 0 Å². The van der Waals surface area contributed by atoms with Gasteiger partial charge in [-0.3, -0.25) is 9.59 Å². The van der Waals surface area contributed by atoms with Crippen LogP contribution < -0.4 is 10.9 Å².